The normalized spacial score (nSPS) is 21.9. The molecule has 0 radical (unpaired) electrons. The SMILES string of the molecule is CCCC(CCC)N(C(=O)CN1C[C@H](c2ccc3c(c2)CCO3)C[C@@H]1CCC1=NC(C)CC=N1)c1ccc(F)c(C)c1. The smallest absolute Gasteiger partial charge is 0.241 e. The van der Waals surface area contributed by atoms with E-state index in [1.54, 1.807) is 13.0 Å². The Kier molecular flexibility index (Phi) is 10.1. The van der Waals surface area contributed by atoms with Crippen molar-refractivity contribution in [1.29, 1.82) is 0 Å². The maximum Gasteiger partial charge on any atom is 0.241 e. The summed E-state index contributed by atoms with van der Waals surface area (Å²) in [5, 5.41) is 0. The zero-order chi connectivity index (χ0) is 29.6. The van der Waals surface area contributed by atoms with Gasteiger partial charge in [0.1, 0.15) is 17.4 Å². The van der Waals surface area contributed by atoms with Crippen LogP contribution in [0.2, 0.25) is 0 Å². The molecule has 226 valence electrons. The topological polar surface area (TPSA) is 57.5 Å². The molecule has 7 heteroatoms. The number of carbonyl (C=O) groups is 1. The van der Waals surface area contributed by atoms with Crippen LogP contribution in [0.5, 0.6) is 5.75 Å². The van der Waals surface area contributed by atoms with Crippen LogP contribution in [-0.2, 0) is 11.2 Å². The van der Waals surface area contributed by atoms with Crippen LogP contribution in [0.4, 0.5) is 10.1 Å². The van der Waals surface area contributed by atoms with Crippen molar-refractivity contribution in [2.45, 2.75) is 110 Å². The molecule has 1 saturated heterocycles. The van der Waals surface area contributed by atoms with Crippen molar-refractivity contribution in [3.05, 3.63) is 58.9 Å². The Morgan fingerprint density at radius 1 is 1.17 bits per heavy atom. The van der Waals surface area contributed by atoms with E-state index in [1.807, 2.05) is 17.2 Å². The lowest BCUT2D eigenvalue weighted by Gasteiger charge is -2.34. The van der Waals surface area contributed by atoms with Gasteiger partial charge in [0.25, 0.3) is 0 Å². The van der Waals surface area contributed by atoms with Crippen molar-refractivity contribution < 1.29 is 13.9 Å². The van der Waals surface area contributed by atoms with E-state index in [0.29, 0.717) is 18.0 Å². The van der Waals surface area contributed by atoms with Crippen LogP contribution >= 0.6 is 0 Å². The van der Waals surface area contributed by atoms with Gasteiger partial charge in [0, 0.05) is 49.8 Å². The summed E-state index contributed by atoms with van der Waals surface area (Å²) < 4.78 is 20.0. The molecule has 0 aromatic heterocycles. The second kappa shape index (κ2) is 13.9. The van der Waals surface area contributed by atoms with E-state index in [4.69, 9.17) is 9.73 Å². The first-order chi connectivity index (χ1) is 20.4. The minimum absolute atomic E-state index is 0.0957. The summed E-state index contributed by atoms with van der Waals surface area (Å²) in [6, 6.07) is 12.4. The van der Waals surface area contributed by atoms with Gasteiger partial charge in [-0.2, -0.15) is 0 Å². The molecule has 1 fully saturated rings. The van der Waals surface area contributed by atoms with E-state index >= 15 is 0 Å². The van der Waals surface area contributed by atoms with Crippen molar-refractivity contribution in [2.24, 2.45) is 9.98 Å². The lowest BCUT2D eigenvalue weighted by Crippen LogP contribution is -2.47. The Morgan fingerprint density at radius 3 is 2.71 bits per heavy atom. The number of aryl methyl sites for hydroxylation is 1. The highest BCUT2D eigenvalue weighted by molar-refractivity contribution is 5.95. The number of amides is 1. The summed E-state index contributed by atoms with van der Waals surface area (Å²) in [6.45, 7) is 10.2. The first-order valence-electron chi connectivity index (χ1n) is 16.0. The van der Waals surface area contributed by atoms with Crippen LogP contribution in [0.3, 0.4) is 0 Å². The maximum absolute atomic E-state index is 14.3. The number of likely N-dealkylation sites (tertiary alicyclic amines) is 1. The summed E-state index contributed by atoms with van der Waals surface area (Å²) in [7, 11) is 0. The molecule has 42 heavy (non-hydrogen) atoms. The van der Waals surface area contributed by atoms with E-state index in [-0.39, 0.29) is 29.8 Å². The van der Waals surface area contributed by atoms with Crippen LogP contribution in [-0.4, -0.2) is 60.7 Å². The maximum atomic E-state index is 14.3. The number of carbonyl (C=O) groups excluding carboxylic acids is 1. The summed E-state index contributed by atoms with van der Waals surface area (Å²) in [5.74, 6) is 2.15. The van der Waals surface area contributed by atoms with Gasteiger partial charge in [0.15, 0.2) is 0 Å². The number of amidine groups is 1. The van der Waals surface area contributed by atoms with E-state index in [9.17, 15) is 9.18 Å². The van der Waals surface area contributed by atoms with Crippen molar-refractivity contribution >= 4 is 23.6 Å². The minimum atomic E-state index is -0.238. The average molecular weight is 575 g/mol. The third kappa shape index (κ3) is 7.11. The van der Waals surface area contributed by atoms with Crippen LogP contribution in [0.15, 0.2) is 46.4 Å². The highest BCUT2D eigenvalue weighted by Crippen LogP contribution is 2.37. The summed E-state index contributed by atoms with van der Waals surface area (Å²) >= 11 is 0. The number of nitrogens with zero attached hydrogens (tertiary/aromatic N) is 4. The fourth-order valence-corrected chi connectivity index (χ4v) is 6.91. The van der Waals surface area contributed by atoms with Crippen LogP contribution < -0.4 is 9.64 Å². The van der Waals surface area contributed by atoms with Crippen molar-refractivity contribution in [1.82, 2.24) is 4.90 Å². The van der Waals surface area contributed by atoms with Crippen LogP contribution in [0.25, 0.3) is 0 Å². The average Bonchev–Trinajstić information content (AvgIpc) is 3.61. The van der Waals surface area contributed by atoms with Gasteiger partial charge >= 0.3 is 0 Å². The quantitative estimate of drug-likeness (QED) is 0.268. The molecule has 2 aromatic carbocycles. The molecular weight excluding hydrogens is 527 g/mol. The molecule has 3 aliphatic heterocycles. The second-order valence-electron chi connectivity index (χ2n) is 12.4. The number of aliphatic imine (C=N–C) groups is 2. The number of halogens is 1. The molecule has 5 rings (SSSR count). The zero-order valence-corrected chi connectivity index (χ0v) is 25.8. The van der Waals surface area contributed by atoms with Gasteiger partial charge in [-0.15, -0.1) is 0 Å². The molecule has 3 aliphatic rings. The Hall–Kier alpha value is -3.06. The fourth-order valence-electron chi connectivity index (χ4n) is 6.91. The Labute approximate surface area is 251 Å². The Balaban J connectivity index is 1.39. The molecule has 0 bridgehead atoms. The predicted molar refractivity (Wildman–Crippen MR) is 170 cm³/mol. The highest BCUT2D eigenvalue weighted by Gasteiger charge is 2.36. The van der Waals surface area contributed by atoms with Crippen molar-refractivity contribution in [3.63, 3.8) is 0 Å². The summed E-state index contributed by atoms with van der Waals surface area (Å²) in [4.78, 5) is 28.0. The monoisotopic (exact) mass is 574 g/mol. The zero-order valence-electron chi connectivity index (χ0n) is 25.8. The molecule has 6 nitrogen and oxygen atoms in total. The van der Waals surface area contributed by atoms with Gasteiger partial charge in [-0.05, 0) is 86.4 Å². The first-order valence-corrected chi connectivity index (χ1v) is 16.0. The van der Waals surface area contributed by atoms with Gasteiger partial charge in [-0.25, -0.2) is 9.38 Å². The van der Waals surface area contributed by atoms with Crippen LogP contribution in [0.1, 0.15) is 94.7 Å². The number of hydrogen-bond acceptors (Lipinski definition) is 5. The van der Waals surface area contributed by atoms with Crippen LogP contribution in [0, 0.1) is 12.7 Å². The number of hydrogen-bond donors (Lipinski definition) is 0. The molecule has 3 atom stereocenters. The van der Waals surface area contributed by atoms with Gasteiger partial charge in [0.2, 0.25) is 5.91 Å². The van der Waals surface area contributed by atoms with E-state index < -0.39 is 0 Å². The number of rotatable bonds is 12. The van der Waals surface area contributed by atoms with E-state index in [2.05, 4.69) is 48.9 Å². The molecule has 0 saturated carbocycles. The molecule has 1 unspecified atom stereocenters. The Bertz CT molecular complexity index is 1300. The lowest BCUT2D eigenvalue weighted by atomic mass is 9.93. The fraction of sp³-hybridized carbons (Fsp3) is 0.571. The lowest BCUT2D eigenvalue weighted by molar-refractivity contribution is -0.120. The first kappa shape index (κ1) is 30.4. The standard InChI is InChI=1S/C35H47FN4O2/c1-5-7-29(8-6-2)40(31-10-12-32(36)24(3)19-31)35(41)23-39-22-28(26-9-13-33-27(20-26)16-18-42-33)21-30(39)11-14-34-37-17-15-25(4)38-34/h9-10,12-13,17,19-20,25,28-30H,5-8,11,14-16,18,21-23H2,1-4H3/t25?,28-,30+/m1/s1. The Morgan fingerprint density at radius 2 is 1.98 bits per heavy atom. The van der Waals surface area contributed by atoms with Gasteiger partial charge < -0.3 is 9.64 Å². The van der Waals surface area contributed by atoms with Gasteiger partial charge in [-0.1, -0.05) is 38.8 Å². The molecule has 2 aromatic rings. The molecule has 3 heterocycles. The highest BCUT2D eigenvalue weighted by atomic mass is 19.1. The molecular formula is C35H47FN4O2. The third-order valence-electron chi connectivity index (χ3n) is 9.11. The van der Waals surface area contributed by atoms with Crippen molar-refractivity contribution in [2.75, 3.05) is 24.6 Å². The van der Waals surface area contributed by atoms with Gasteiger partial charge in [-0.3, -0.25) is 14.7 Å². The second-order valence-corrected chi connectivity index (χ2v) is 12.4. The summed E-state index contributed by atoms with van der Waals surface area (Å²) in [5.41, 5.74) is 4.00. The predicted octanol–water partition coefficient (Wildman–Crippen LogP) is 7.27. The number of benzene rings is 2. The van der Waals surface area contributed by atoms with Gasteiger partial charge in [0.05, 0.1) is 19.2 Å². The molecule has 0 aliphatic carbocycles. The van der Waals surface area contributed by atoms with Crippen molar-refractivity contribution in [3.8, 4) is 5.75 Å². The third-order valence-corrected chi connectivity index (χ3v) is 9.11. The number of fused-ring (bicyclic) bond motifs is 1. The summed E-state index contributed by atoms with van der Waals surface area (Å²) in [6.07, 6.45) is 10.4. The minimum Gasteiger partial charge on any atom is -0.493 e. The molecule has 0 N–H and O–H groups in total. The number of ether oxygens (including phenoxy) is 1. The van der Waals surface area contributed by atoms with E-state index in [1.165, 1.54) is 17.2 Å². The molecule has 1 amide bonds. The molecule has 0 spiro atoms. The number of anilines is 1. The largest absolute Gasteiger partial charge is 0.493 e. The van der Waals surface area contributed by atoms with E-state index in [0.717, 1.165) is 88.2 Å².